The van der Waals surface area contributed by atoms with Crippen molar-refractivity contribution in [3.63, 3.8) is 0 Å². The second kappa shape index (κ2) is 6.63. The summed E-state index contributed by atoms with van der Waals surface area (Å²) in [5.74, 6) is 3.01. The Labute approximate surface area is 112 Å². The minimum atomic E-state index is 0.633. The molecule has 2 N–H and O–H groups in total. The molecule has 1 atom stereocenters. The molecule has 0 radical (unpaired) electrons. The third-order valence-electron chi connectivity index (χ3n) is 2.96. The maximum Gasteiger partial charge on any atom is 0.191 e. The minimum absolute atomic E-state index is 0.633. The Hall–Kier alpha value is -1.24. The minimum Gasteiger partial charge on any atom is -0.355 e. The van der Waals surface area contributed by atoms with Gasteiger partial charge in [0.1, 0.15) is 6.33 Å². The van der Waals surface area contributed by atoms with Gasteiger partial charge in [-0.2, -0.15) is 11.8 Å². The maximum absolute atomic E-state index is 4.21. The fourth-order valence-corrected chi connectivity index (χ4v) is 3.07. The van der Waals surface area contributed by atoms with Gasteiger partial charge in [-0.25, -0.2) is 0 Å². The van der Waals surface area contributed by atoms with Crippen LogP contribution in [0.2, 0.25) is 0 Å². The summed E-state index contributed by atoms with van der Waals surface area (Å²) in [4.78, 5) is 4.21. The van der Waals surface area contributed by atoms with Crippen LogP contribution in [0.4, 0.5) is 0 Å². The summed E-state index contributed by atoms with van der Waals surface area (Å²) in [5, 5.41) is 15.2. The van der Waals surface area contributed by atoms with E-state index in [4.69, 9.17) is 0 Å². The van der Waals surface area contributed by atoms with Crippen molar-refractivity contribution in [3.8, 4) is 0 Å². The molecule has 1 fully saturated rings. The molecule has 7 heteroatoms. The Bertz CT molecular complexity index is 396. The zero-order chi connectivity index (χ0) is 12.8. The summed E-state index contributed by atoms with van der Waals surface area (Å²) in [6, 6.07) is 0. The second-order valence-corrected chi connectivity index (χ2v) is 5.71. The fourth-order valence-electron chi connectivity index (χ4n) is 1.87. The van der Waals surface area contributed by atoms with Gasteiger partial charge < -0.3 is 15.2 Å². The van der Waals surface area contributed by atoms with E-state index in [1.165, 1.54) is 18.6 Å². The first-order chi connectivity index (χ1) is 8.79. The molecule has 1 aromatic rings. The smallest absolute Gasteiger partial charge is 0.191 e. The Morgan fingerprint density at radius 2 is 2.50 bits per heavy atom. The van der Waals surface area contributed by atoms with Gasteiger partial charge in [0, 0.05) is 25.9 Å². The number of guanidine groups is 1. The standard InChI is InChI=1S/C11H20N6S/c1-12-11(13-6-9-4-3-5-18-9)14-7-10-16-15-8-17(10)2/h8-9H,3-7H2,1-2H3,(H2,12,13,14). The van der Waals surface area contributed by atoms with E-state index in [-0.39, 0.29) is 0 Å². The molecule has 1 unspecified atom stereocenters. The van der Waals surface area contributed by atoms with Gasteiger partial charge in [-0.1, -0.05) is 0 Å². The zero-order valence-corrected chi connectivity index (χ0v) is 11.7. The molecule has 0 spiro atoms. The number of rotatable bonds is 4. The van der Waals surface area contributed by atoms with Crippen molar-refractivity contribution in [3.05, 3.63) is 12.2 Å². The van der Waals surface area contributed by atoms with Crippen molar-refractivity contribution in [2.75, 3.05) is 19.3 Å². The number of hydrogen-bond acceptors (Lipinski definition) is 4. The molecular formula is C11H20N6S. The Morgan fingerprint density at radius 1 is 1.61 bits per heavy atom. The van der Waals surface area contributed by atoms with E-state index in [9.17, 15) is 0 Å². The van der Waals surface area contributed by atoms with Crippen molar-refractivity contribution in [1.82, 2.24) is 25.4 Å². The quantitative estimate of drug-likeness (QED) is 0.610. The zero-order valence-electron chi connectivity index (χ0n) is 10.9. The van der Waals surface area contributed by atoms with Crippen molar-refractivity contribution >= 4 is 17.7 Å². The highest BCUT2D eigenvalue weighted by Gasteiger charge is 2.15. The molecule has 0 bridgehead atoms. The van der Waals surface area contributed by atoms with Crippen LogP contribution in [-0.2, 0) is 13.6 Å². The van der Waals surface area contributed by atoms with Crippen LogP contribution < -0.4 is 10.6 Å². The Morgan fingerprint density at radius 3 is 3.11 bits per heavy atom. The molecule has 1 aliphatic heterocycles. The van der Waals surface area contributed by atoms with E-state index in [1.54, 1.807) is 13.4 Å². The highest BCUT2D eigenvalue weighted by atomic mass is 32.2. The van der Waals surface area contributed by atoms with Crippen molar-refractivity contribution in [2.24, 2.45) is 12.0 Å². The highest BCUT2D eigenvalue weighted by molar-refractivity contribution is 8.00. The molecule has 1 aliphatic rings. The summed E-state index contributed by atoms with van der Waals surface area (Å²) < 4.78 is 1.90. The van der Waals surface area contributed by atoms with Gasteiger partial charge in [0.05, 0.1) is 6.54 Å². The SMILES string of the molecule is CN=C(NCc1nncn1C)NCC1CCCS1. The van der Waals surface area contributed by atoms with E-state index < -0.39 is 0 Å². The molecule has 1 saturated heterocycles. The lowest BCUT2D eigenvalue weighted by atomic mass is 10.2. The van der Waals surface area contributed by atoms with Crippen LogP contribution in [-0.4, -0.2) is 45.3 Å². The van der Waals surface area contributed by atoms with E-state index in [2.05, 4.69) is 25.8 Å². The largest absolute Gasteiger partial charge is 0.355 e. The van der Waals surface area contributed by atoms with Gasteiger partial charge in [-0.05, 0) is 18.6 Å². The number of aromatic nitrogens is 3. The van der Waals surface area contributed by atoms with Crippen molar-refractivity contribution in [1.29, 1.82) is 0 Å². The fraction of sp³-hybridized carbons (Fsp3) is 0.727. The first-order valence-electron chi connectivity index (χ1n) is 6.18. The predicted octanol–water partition coefficient (Wildman–Crippen LogP) is 0.376. The van der Waals surface area contributed by atoms with Gasteiger partial charge in [0.2, 0.25) is 0 Å². The number of hydrogen-bond donors (Lipinski definition) is 2. The van der Waals surface area contributed by atoms with Gasteiger partial charge in [-0.3, -0.25) is 4.99 Å². The van der Waals surface area contributed by atoms with Crippen LogP contribution in [0.3, 0.4) is 0 Å². The molecule has 0 aromatic carbocycles. The first kappa shape index (κ1) is 13.2. The molecule has 2 rings (SSSR count). The maximum atomic E-state index is 4.21. The van der Waals surface area contributed by atoms with Gasteiger partial charge in [-0.15, -0.1) is 10.2 Å². The normalized spacial score (nSPS) is 20.1. The molecule has 0 saturated carbocycles. The van der Waals surface area contributed by atoms with Gasteiger partial charge in [0.25, 0.3) is 0 Å². The lowest BCUT2D eigenvalue weighted by Crippen LogP contribution is -2.40. The van der Waals surface area contributed by atoms with Gasteiger partial charge in [0.15, 0.2) is 11.8 Å². The van der Waals surface area contributed by atoms with Crippen LogP contribution >= 0.6 is 11.8 Å². The summed E-state index contributed by atoms with van der Waals surface area (Å²) in [5.41, 5.74) is 0. The molecule has 2 heterocycles. The lowest BCUT2D eigenvalue weighted by Gasteiger charge is -2.14. The Kier molecular flexibility index (Phi) is 4.86. The van der Waals surface area contributed by atoms with Crippen LogP contribution in [0.25, 0.3) is 0 Å². The molecule has 0 amide bonds. The number of aryl methyl sites for hydroxylation is 1. The lowest BCUT2D eigenvalue weighted by molar-refractivity contribution is 0.703. The summed E-state index contributed by atoms with van der Waals surface area (Å²) in [6.45, 7) is 1.61. The monoisotopic (exact) mass is 268 g/mol. The summed E-state index contributed by atoms with van der Waals surface area (Å²) in [6.07, 6.45) is 4.34. The van der Waals surface area contributed by atoms with Crippen LogP contribution in [0.15, 0.2) is 11.3 Å². The number of nitrogens with zero attached hydrogens (tertiary/aromatic N) is 4. The van der Waals surface area contributed by atoms with E-state index >= 15 is 0 Å². The molecule has 6 nitrogen and oxygen atoms in total. The highest BCUT2D eigenvalue weighted by Crippen LogP contribution is 2.25. The molecule has 0 aliphatic carbocycles. The third kappa shape index (κ3) is 3.63. The predicted molar refractivity (Wildman–Crippen MR) is 74.7 cm³/mol. The third-order valence-corrected chi connectivity index (χ3v) is 4.36. The average Bonchev–Trinajstić information content (AvgIpc) is 3.01. The number of thioether (sulfide) groups is 1. The van der Waals surface area contributed by atoms with E-state index in [0.29, 0.717) is 6.54 Å². The molecule has 1 aromatic heterocycles. The first-order valence-corrected chi connectivity index (χ1v) is 7.23. The van der Waals surface area contributed by atoms with E-state index in [0.717, 1.165) is 23.6 Å². The van der Waals surface area contributed by atoms with Crippen LogP contribution in [0, 0.1) is 0 Å². The van der Waals surface area contributed by atoms with Crippen molar-refractivity contribution in [2.45, 2.75) is 24.6 Å². The van der Waals surface area contributed by atoms with Crippen molar-refractivity contribution < 1.29 is 0 Å². The average molecular weight is 268 g/mol. The van der Waals surface area contributed by atoms with E-state index in [1.807, 2.05) is 23.4 Å². The molecular weight excluding hydrogens is 248 g/mol. The second-order valence-electron chi connectivity index (χ2n) is 4.30. The topological polar surface area (TPSA) is 67.1 Å². The van der Waals surface area contributed by atoms with Gasteiger partial charge >= 0.3 is 0 Å². The molecule has 100 valence electrons. The summed E-state index contributed by atoms with van der Waals surface area (Å²) >= 11 is 2.04. The molecule has 18 heavy (non-hydrogen) atoms. The number of nitrogens with one attached hydrogen (secondary N) is 2. The summed E-state index contributed by atoms with van der Waals surface area (Å²) in [7, 11) is 3.72. The number of aliphatic imine (C=N–C) groups is 1. The Balaban J connectivity index is 1.74. The van der Waals surface area contributed by atoms with Crippen LogP contribution in [0.1, 0.15) is 18.7 Å². The van der Waals surface area contributed by atoms with Crippen LogP contribution in [0.5, 0.6) is 0 Å².